The Morgan fingerprint density at radius 2 is 1.38 bits per heavy atom. The second-order valence-electron chi connectivity index (χ2n) is 6.61. The molecule has 16 heavy (non-hydrogen) atoms. The molecule has 0 saturated heterocycles. The molecule has 100 valence electrons. The first-order valence-electron chi connectivity index (χ1n) is 5.43. The molecular weight excluding hydrogens is 226 g/mol. The van der Waals surface area contributed by atoms with E-state index < -0.39 is 10.1 Å². The van der Waals surface area contributed by atoms with Gasteiger partial charge in [-0.15, -0.1) is 0 Å². The summed E-state index contributed by atoms with van der Waals surface area (Å²) in [5.74, 6) is -0.232. The summed E-state index contributed by atoms with van der Waals surface area (Å²) in [6.45, 7) is 6.05. The number of nitrogens with zero attached hydrogens (tertiary/aromatic N) is 1. The van der Waals surface area contributed by atoms with Crippen LogP contribution >= 0.6 is 0 Å². The molecule has 0 aromatic carbocycles. The molecule has 0 N–H and O–H groups in total. The van der Waals surface area contributed by atoms with Crippen molar-refractivity contribution >= 4 is 10.1 Å². The summed E-state index contributed by atoms with van der Waals surface area (Å²) in [6.07, 6.45) is 1.24. The van der Waals surface area contributed by atoms with Crippen LogP contribution in [0.15, 0.2) is 0 Å². The fourth-order valence-corrected chi connectivity index (χ4v) is 1.28. The van der Waals surface area contributed by atoms with Gasteiger partial charge < -0.3 is 9.04 Å². The van der Waals surface area contributed by atoms with Crippen LogP contribution in [0, 0.1) is 5.41 Å². The van der Waals surface area contributed by atoms with Gasteiger partial charge in [-0.05, 0) is 18.3 Å². The third-order valence-electron chi connectivity index (χ3n) is 1.32. The quantitative estimate of drug-likeness (QED) is 0.568. The number of rotatable bonds is 3. The van der Waals surface area contributed by atoms with Crippen LogP contribution in [-0.4, -0.2) is 51.4 Å². The zero-order valence-electron chi connectivity index (χ0n) is 11.7. The summed E-state index contributed by atoms with van der Waals surface area (Å²) in [4.78, 5) is 0. The van der Waals surface area contributed by atoms with E-state index in [0.29, 0.717) is 6.42 Å². The molecule has 0 saturated carbocycles. The molecule has 0 unspecified atom stereocenters. The van der Waals surface area contributed by atoms with Crippen LogP contribution in [0.25, 0.3) is 0 Å². The largest absolute Gasteiger partial charge is 0.748 e. The molecule has 0 bridgehead atoms. The van der Waals surface area contributed by atoms with Gasteiger partial charge in [-0.25, -0.2) is 8.42 Å². The maximum Gasteiger partial charge on any atom is 0.0945 e. The van der Waals surface area contributed by atoms with Crippen molar-refractivity contribution in [2.75, 3.05) is 33.9 Å². The molecule has 0 aromatic heterocycles. The molecule has 0 heterocycles. The highest BCUT2D eigenvalue weighted by Gasteiger charge is 2.09. The molecule has 0 aliphatic heterocycles. The summed E-state index contributed by atoms with van der Waals surface area (Å²) in [5, 5.41) is 0. The lowest BCUT2D eigenvalue weighted by atomic mass is 9.91. The van der Waals surface area contributed by atoms with Crippen molar-refractivity contribution in [2.45, 2.75) is 33.6 Å². The van der Waals surface area contributed by atoms with E-state index in [2.05, 4.69) is 28.2 Å². The van der Waals surface area contributed by atoms with Gasteiger partial charge in [0.05, 0.1) is 38.3 Å². The molecule has 0 aromatic rings. The number of hydrogen-bond acceptors (Lipinski definition) is 3. The van der Waals surface area contributed by atoms with Gasteiger partial charge in [0.25, 0.3) is 0 Å². The summed E-state index contributed by atoms with van der Waals surface area (Å²) in [5.41, 5.74) is 0.116. The highest BCUT2D eigenvalue weighted by molar-refractivity contribution is 7.85. The standard InChI is InChI=1S/C7H16O3S.C4H12N/c1-7(2,3)5-4-6-11(8,9)10;1-5(2,3)4/h4-6H2,1-3H3,(H,8,9,10);1-4H3/q;+1/p-1. The molecule has 0 aliphatic carbocycles. The highest BCUT2D eigenvalue weighted by atomic mass is 32.2. The molecule has 4 nitrogen and oxygen atoms in total. The first-order chi connectivity index (χ1) is 6.71. The van der Waals surface area contributed by atoms with Gasteiger partial charge in [-0.2, -0.15) is 0 Å². The predicted octanol–water partition coefficient (Wildman–Crippen LogP) is 1.68. The Hall–Kier alpha value is -0.130. The van der Waals surface area contributed by atoms with Gasteiger partial charge in [-0.3, -0.25) is 0 Å². The van der Waals surface area contributed by atoms with E-state index in [0.717, 1.165) is 10.9 Å². The van der Waals surface area contributed by atoms with E-state index in [1.165, 1.54) is 0 Å². The topological polar surface area (TPSA) is 57.2 Å². The van der Waals surface area contributed by atoms with Crippen molar-refractivity contribution in [3.05, 3.63) is 0 Å². The normalized spacial score (nSPS) is 13.0. The van der Waals surface area contributed by atoms with Crippen LogP contribution in [-0.2, 0) is 10.1 Å². The minimum atomic E-state index is -4.00. The average molecular weight is 253 g/mol. The van der Waals surface area contributed by atoms with Crippen molar-refractivity contribution in [1.82, 2.24) is 0 Å². The zero-order chi connectivity index (χ0) is 13.6. The molecule has 0 fully saturated rings. The predicted molar refractivity (Wildman–Crippen MR) is 67.2 cm³/mol. The smallest absolute Gasteiger partial charge is 0.0945 e. The Labute approximate surface area is 101 Å². The maximum atomic E-state index is 10.2. The summed E-state index contributed by atoms with van der Waals surface area (Å²) in [6, 6.07) is 0. The van der Waals surface area contributed by atoms with Crippen LogP contribution in [0.5, 0.6) is 0 Å². The number of quaternary nitrogens is 1. The first-order valence-corrected chi connectivity index (χ1v) is 7.01. The van der Waals surface area contributed by atoms with Crippen LogP contribution in [0.3, 0.4) is 0 Å². The van der Waals surface area contributed by atoms with E-state index in [9.17, 15) is 13.0 Å². The van der Waals surface area contributed by atoms with Gasteiger partial charge in [0, 0.05) is 5.75 Å². The molecule has 0 radical (unpaired) electrons. The summed E-state index contributed by atoms with van der Waals surface area (Å²) < 4.78 is 31.5. The lowest BCUT2D eigenvalue weighted by molar-refractivity contribution is -0.849. The lowest BCUT2D eigenvalue weighted by Crippen LogP contribution is -2.27. The second-order valence-corrected chi connectivity index (χ2v) is 8.13. The second kappa shape index (κ2) is 6.57. The molecule has 0 spiro atoms. The molecule has 0 aliphatic rings. The van der Waals surface area contributed by atoms with E-state index >= 15 is 0 Å². The summed E-state index contributed by atoms with van der Waals surface area (Å²) in [7, 11) is 4.50. The van der Waals surface area contributed by atoms with Crippen LogP contribution < -0.4 is 0 Å². The van der Waals surface area contributed by atoms with Crippen molar-refractivity contribution in [2.24, 2.45) is 5.41 Å². The fraction of sp³-hybridized carbons (Fsp3) is 1.00. The Kier molecular flexibility index (Phi) is 7.49. The summed E-state index contributed by atoms with van der Waals surface area (Å²) >= 11 is 0. The molecule has 0 atom stereocenters. The van der Waals surface area contributed by atoms with Crippen LogP contribution in [0.2, 0.25) is 0 Å². The van der Waals surface area contributed by atoms with Crippen molar-refractivity contribution in [1.29, 1.82) is 0 Å². The third-order valence-corrected chi connectivity index (χ3v) is 2.11. The van der Waals surface area contributed by atoms with Crippen molar-refractivity contribution in [3.63, 3.8) is 0 Å². The average Bonchev–Trinajstić information content (AvgIpc) is 1.74. The fourth-order valence-electron chi connectivity index (χ4n) is 0.779. The molecule has 0 amide bonds. The molecule has 0 rings (SSSR count). The van der Waals surface area contributed by atoms with E-state index in [1.54, 1.807) is 0 Å². The van der Waals surface area contributed by atoms with Crippen LogP contribution in [0.4, 0.5) is 0 Å². The Balaban J connectivity index is 0. The SMILES string of the molecule is CC(C)(C)CCCS(=O)(=O)[O-].C[N+](C)(C)C. The minimum Gasteiger partial charge on any atom is -0.748 e. The Morgan fingerprint density at radius 3 is 1.56 bits per heavy atom. The van der Waals surface area contributed by atoms with E-state index in [1.807, 2.05) is 20.8 Å². The highest BCUT2D eigenvalue weighted by Crippen LogP contribution is 2.20. The number of hydrogen-bond donors (Lipinski definition) is 0. The molecule has 5 heteroatoms. The van der Waals surface area contributed by atoms with E-state index in [-0.39, 0.29) is 11.2 Å². The Morgan fingerprint density at radius 1 is 1.06 bits per heavy atom. The van der Waals surface area contributed by atoms with Gasteiger partial charge in [0.1, 0.15) is 0 Å². The van der Waals surface area contributed by atoms with Crippen molar-refractivity contribution in [3.8, 4) is 0 Å². The zero-order valence-corrected chi connectivity index (χ0v) is 12.5. The van der Waals surface area contributed by atoms with Gasteiger partial charge in [0.15, 0.2) is 0 Å². The van der Waals surface area contributed by atoms with Crippen LogP contribution in [0.1, 0.15) is 33.6 Å². The minimum absolute atomic E-state index is 0.116. The third kappa shape index (κ3) is 37.1. The van der Waals surface area contributed by atoms with Gasteiger partial charge in [-0.1, -0.05) is 20.8 Å². The van der Waals surface area contributed by atoms with E-state index in [4.69, 9.17) is 0 Å². The lowest BCUT2D eigenvalue weighted by Gasteiger charge is -2.18. The molecular formula is C11H27NO3S. The van der Waals surface area contributed by atoms with Crippen molar-refractivity contribution < 1.29 is 17.5 Å². The maximum absolute atomic E-state index is 10.2. The Bertz CT molecular complexity index is 265. The first kappa shape index (κ1) is 18.2. The monoisotopic (exact) mass is 253 g/mol. The van der Waals surface area contributed by atoms with Gasteiger partial charge >= 0.3 is 0 Å². The van der Waals surface area contributed by atoms with Gasteiger partial charge in [0.2, 0.25) is 0 Å².